The number of imidazole rings is 1. The Hall–Kier alpha value is -1.65. The van der Waals surface area contributed by atoms with Crippen LogP contribution in [0.1, 0.15) is 38.3 Å². The molecule has 0 bridgehead atoms. The Morgan fingerprint density at radius 2 is 2.39 bits per heavy atom. The zero-order chi connectivity index (χ0) is 13.0. The van der Waals surface area contributed by atoms with Crippen LogP contribution in [0.5, 0.6) is 0 Å². The van der Waals surface area contributed by atoms with E-state index in [0.29, 0.717) is 19.3 Å². The minimum atomic E-state index is 0.122. The van der Waals surface area contributed by atoms with E-state index in [1.807, 2.05) is 4.90 Å². The lowest BCUT2D eigenvalue weighted by molar-refractivity contribution is -0.132. The molecule has 0 saturated carbocycles. The van der Waals surface area contributed by atoms with Gasteiger partial charge < -0.3 is 9.88 Å². The predicted octanol–water partition coefficient (Wildman–Crippen LogP) is 1.31. The minimum Gasteiger partial charge on any atom is -0.348 e. The summed E-state index contributed by atoms with van der Waals surface area (Å²) >= 11 is 0. The van der Waals surface area contributed by atoms with Gasteiger partial charge in [-0.3, -0.25) is 9.59 Å². The number of hydrogen-bond acceptors (Lipinski definition) is 3. The standard InChI is InChI=1S/C13H19N3O2/c1-10(17)7-12-3-2-6-16(12)13(18)5-4-11-8-14-9-15-11/h8-9,12H,2-7H2,1H3,(H,14,15). The minimum absolute atomic E-state index is 0.122. The van der Waals surface area contributed by atoms with Gasteiger partial charge in [-0.1, -0.05) is 0 Å². The number of amides is 1. The molecule has 2 rings (SSSR count). The number of aromatic nitrogens is 2. The Labute approximate surface area is 107 Å². The molecule has 0 aromatic carbocycles. The van der Waals surface area contributed by atoms with Crippen molar-refractivity contribution >= 4 is 11.7 Å². The fraction of sp³-hybridized carbons (Fsp3) is 0.615. The maximum atomic E-state index is 12.1. The lowest BCUT2D eigenvalue weighted by Gasteiger charge is -2.23. The van der Waals surface area contributed by atoms with Crippen LogP contribution < -0.4 is 0 Å². The van der Waals surface area contributed by atoms with Crippen molar-refractivity contribution in [3.63, 3.8) is 0 Å². The van der Waals surface area contributed by atoms with Crippen molar-refractivity contribution in [1.29, 1.82) is 0 Å². The third-order valence-electron chi connectivity index (χ3n) is 3.38. The summed E-state index contributed by atoms with van der Waals surface area (Å²) in [6.45, 7) is 2.38. The fourth-order valence-electron chi connectivity index (χ4n) is 2.51. The lowest BCUT2D eigenvalue weighted by Crippen LogP contribution is -2.36. The topological polar surface area (TPSA) is 66.1 Å². The summed E-state index contributed by atoms with van der Waals surface area (Å²) in [5, 5.41) is 0. The summed E-state index contributed by atoms with van der Waals surface area (Å²) < 4.78 is 0. The van der Waals surface area contributed by atoms with E-state index in [1.54, 1.807) is 19.4 Å². The second-order valence-electron chi connectivity index (χ2n) is 4.87. The molecule has 1 amide bonds. The van der Waals surface area contributed by atoms with Crippen LogP contribution in [0.15, 0.2) is 12.5 Å². The molecule has 0 spiro atoms. The van der Waals surface area contributed by atoms with Gasteiger partial charge in [-0.2, -0.15) is 0 Å². The van der Waals surface area contributed by atoms with E-state index in [0.717, 1.165) is 25.1 Å². The van der Waals surface area contributed by atoms with Crippen molar-refractivity contribution in [3.05, 3.63) is 18.2 Å². The van der Waals surface area contributed by atoms with Crippen LogP contribution in [0.3, 0.4) is 0 Å². The largest absolute Gasteiger partial charge is 0.348 e. The van der Waals surface area contributed by atoms with Gasteiger partial charge in [0.05, 0.1) is 6.33 Å². The van der Waals surface area contributed by atoms with E-state index in [1.165, 1.54) is 0 Å². The maximum absolute atomic E-state index is 12.1. The maximum Gasteiger partial charge on any atom is 0.223 e. The molecule has 1 saturated heterocycles. The highest BCUT2D eigenvalue weighted by Crippen LogP contribution is 2.21. The normalized spacial score (nSPS) is 19.2. The van der Waals surface area contributed by atoms with Gasteiger partial charge in [0.15, 0.2) is 0 Å². The molecular weight excluding hydrogens is 230 g/mol. The van der Waals surface area contributed by atoms with Gasteiger partial charge in [0.1, 0.15) is 5.78 Å². The molecule has 1 fully saturated rings. The number of nitrogens with zero attached hydrogens (tertiary/aromatic N) is 2. The number of H-pyrrole nitrogens is 1. The van der Waals surface area contributed by atoms with Crippen LogP contribution in [0.25, 0.3) is 0 Å². The first-order chi connectivity index (χ1) is 8.66. The molecule has 18 heavy (non-hydrogen) atoms. The quantitative estimate of drug-likeness (QED) is 0.855. The van der Waals surface area contributed by atoms with Crippen molar-refractivity contribution in [2.24, 2.45) is 0 Å². The second-order valence-corrected chi connectivity index (χ2v) is 4.87. The molecule has 1 atom stereocenters. The predicted molar refractivity (Wildman–Crippen MR) is 66.9 cm³/mol. The van der Waals surface area contributed by atoms with Gasteiger partial charge in [-0.05, 0) is 26.2 Å². The van der Waals surface area contributed by atoms with Gasteiger partial charge in [-0.15, -0.1) is 0 Å². The third-order valence-corrected chi connectivity index (χ3v) is 3.38. The highest BCUT2D eigenvalue weighted by atomic mass is 16.2. The number of carbonyl (C=O) groups is 2. The highest BCUT2D eigenvalue weighted by Gasteiger charge is 2.28. The second kappa shape index (κ2) is 5.80. The molecule has 5 heteroatoms. The van der Waals surface area contributed by atoms with Crippen LogP contribution in [0, 0.1) is 0 Å². The van der Waals surface area contributed by atoms with E-state index < -0.39 is 0 Å². The number of aryl methyl sites for hydroxylation is 1. The van der Waals surface area contributed by atoms with E-state index in [2.05, 4.69) is 9.97 Å². The van der Waals surface area contributed by atoms with Crippen LogP contribution >= 0.6 is 0 Å². The first kappa shape index (κ1) is 12.8. The van der Waals surface area contributed by atoms with Crippen molar-refractivity contribution in [2.45, 2.75) is 45.1 Å². The summed E-state index contributed by atoms with van der Waals surface area (Å²) in [5.74, 6) is 0.307. The lowest BCUT2D eigenvalue weighted by atomic mass is 10.1. The molecule has 0 radical (unpaired) electrons. The van der Waals surface area contributed by atoms with Crippen LogP contribution in [-0.2, 0) is 16.0 Å². The number of aromatic amines is 1. The van der Waals surface area contributed by atoms with Gasteiger partial charge in [-0.25, -0.2) is 4.98 Å². The average Bonchev–Trinajstić information content (AvgIpc) is 2.95. The van der Waals surface area contributed by atoms with E-state index in [4.69, 9.17) is 0 Å². The molecule has 1 N–H and O–H groups in total. The molecule has 1 aliphatic heterocycles. The number of rotatable bonds is 5. The fourth-order valence-corrected chi connectivity index (χ4v) is 2.51. The molecule has 1 aliphatic rings. The molecule has 1 unspecified atom stereocenters. The summed E-state index contributed by atoms with van der Waals surface area (Å²) in [4.78, 5) is 32.1. The molecule has 1 aromatic rings. The van der Waals surface area contributed by atoms with Gasteiger partial charge >= 0.3 is 0 Å². The zero-order valence-electron chi connectivity index (χ0n) is 10.7. The van der Waals surface area contributed by atoms with Crippen LogP contribution in [0.4, 0.5) is 0 Å². The summed E-state index contributed by atoms with van der Waals surface area (Å²) in [7, 11) is 0. The van der Waals surface area contributed by atoms with E-state index >= 15 is 0 Å². The number of carbonyl (C=O) groups excluding carboxylic acids is 2. The SMILES string of the molecule is CC(=O)CC1CCCN1C(=O)CCc1cnc[nH]1. The molecule has 98 valence electrons. The Morgan fingerprint density at radius 1 is 1.56 bits per heavy atom. The van der Waals surface area contributed by atoms with Crippen LogP contribution in [-0.4, -0.2) is 39.1 Å². The number of Topliss-reactive ketones (excluding diaryl/α,β-unsaturated/α-hetero) is 1. The van der Waals surface area contributed by atoms with E-state index in [-0.39, 0.29) is 17.7 Å². The Kier molecular flexibility index (Phi) is 4.12. The van der Waals surface area contributed by atoms with Crippen LogP contribution in [0.2, 0.25) is 0 Å². The molecular formula is C13H19N3O2. The smallest absolute Gasteiger partial charge is 0.223 e. The summed E-state index contributed by atoms with van der Waals surface area (Å²) in [5.41, 5.74) is 0.977. The average molecular weight is 249 g/mol. The number of hydrogen-bond donors (Lipinski definition) is 1. The number of ketones is 1. The van der Waals surface area contributed by atoms with Gasteiger partial charge in [0, 0.05) is 37.3 Å². The number of likely N-dealkylation sites (tertiary alicyclic amines) is 1. The van der Waals surface area contributed by atoms with Gasteiger partial charge in [0.2, 0.25) is 5.91 Å². The Balaban J connectivity index is 1.85. The molecule has 5 nitrogen and oxygen atoms in total. The first-order valence-electron chi connectivity index (χ1n) is 6.43. The van der Waals surface area contributed by atoms with Crippen molar-refractivity contribution in [1.82, 2.24) is 14.9 Å². The third kappa shape index (κ3) is 3.18. The monoisotopic (exact) mass is 249 g/mol. The zero-order valence-corrected chi connectivity index (χ0v) is 10.7. The highest BCUT2D eigenvalue weighted by molar-refractivity contribution is 5.80. The molecule has 0 aliphatic carbocycles. The van der Waals surface area contributed by atoms with E-state index in [9.17, 15) is 9.59 Å². The first-order valence-corrected chi connectivity index (χ1v) is 6.43. The van der Waals surface area contributed by atoms with Crippen molar-refractivity contribution in [2.75, 3.05) is 6.54 Å². The molecule has 1 aromatic heterocycles. The summed E-state index contributed by atoms with van der Waals surface area (Å²) in [6.07, 6.45) is 6.98. The molecule has 2 heterocycles. The van der Waals surface area contributed by atoms with Crippen molar-refractivity contribution in [3.8, 4) is 0 Å². The Morgan fingerprint density at radius 3 is 3.06 bits per heavy atom. The van der Waals surface area contributed by atoms with Gasteiger partial charge in [0.25, 0.3) is 0 Å². The number of nitrogens with one attached hydrogen (secondary N) is 1. The summed E-state index contributed by atoms with van der Waals surface area (Å²) in [6, 6.07) is 0.122. The van der Waals surface area contributed by atoms with Crippen molar-refractivity contribution < 1.29 is 9.59 Å². The Bertz CT molecular complexity index is 414.